The van der Waals surface area contributed by atoms with Gasteiger partial charge in [-0.1, -0.05) is 0 Å². The van der Waals surface area contributed by atoms with E-state index in [2.05, 4.69) is 0 Å². The Balaban J connectivity index is 2.24. The van der Waals surface area contributed by atoms with E-state index in [9.17, 15) is 4.39 Å². The van der Waals surface area contributed by atoms with E-state index in [1.54, 1.807) is 6.26 Å². The third kappa shape index (κ3) is 3.40. The third-order valence-corrected chi connectivity index (χ3v) is 2.78. The normalized spacial score (nSPS) is 13.2. The number of thioether (sulfide) groups is 1. The molecule has 1 unspecified atom stereocenters. The van der Waals surface area contributed by atoms with Gasteiger partial charge < -0.3 is 9.52 Å². The molecule has 1 aromatic heterocycles. The molecule has 0 aliphatic heterocycles. The van der Waals surface area contributed by atoms with Crippen LogP contribution in [0.4, 0.5) is 4.39 Å². The highest BCUT2D eigenvalue weighted by Crippen LogP contribution is 2.17. The van der Waals surface area contributed by atoms with Crippen LogP contribution in [-0.2, 0) is 5.75 Å². The van der Waals surface area contributed by atoms with Gasteiger partial charge in [0.1, 0.15) is 12.4 Å². The van der Waals surface area contributed by atoms with Crippen molar-refractivity contribution in [3.05, 3.63) is 23.7 Å². The van der Waals surface area contributed by atoms with E-state index in [1.165, 1.54) is 11.8 Å². The van der Waals surface area contributed by atoms with E-state index in [0.29, 0.717) is 11.5 Å². The van der Waals surface area contributed by atoms with Crippen molar-refractivity contribution in [3.8, 4) is 0 Å². The minimum absolute atomic E-state index is 0.413. The Bertz CT molecular complexity index is 250. The smallest absolute Gasteiger partial charge is 0.116 e. The zero-order valence-corrected chi connectivity index (χ0v) is 8.31. The Morgan fingerprint density at radius 3 is 3.00 bits per heavy atom. The van der Waals surface area contributed by atoms with Gasteiger partial charge in [-0.25, -0.2) is 4.39 Å². The predicted molar refractivity (Wildman–Crippen MR) is 51.6 cm³/mol. The molecule has 1 heterocycles. The van der Waals surface area contributed by atoms with Crippen molar-refractivity contribution in [3.63, 3.8) is 0 Å². The summed E-state index contributed by atoms with van der Waals surface area (Å²) in [5.74, 6) is 2.00. The molecule has 1 atom stereocenters. The molecular weight excluding hydrogens is 191 g/mol. The molecule has 0 amide bonds. The number of aliphatic hydroxyl groups excluding tert-OH is 1. The predicted octanol–water partition coefficient (Wildman–Crippen LogP) is 2.15. The van der Waals surface area contributed by atoms with Crippen LogP contribution in [-0.4, -0.2) is 23.6 Å². The molecule has 1 aromatic rings. The van der Waals surface area contributed by atoms with Crippen LogP contribution >= 0.6 is 11.8 Å². The van der Waals surface area contributed by atoms with Gasteiger partial charge in [-0.15, -0.1) is 0 Å². The van der Waals surface area contributed by atoms with E-state index in [4.69, 9.17) is 9.52 Å². The van der Waals surface area contributed by atoms with Crippen LogP contribution in [0.15, 0.2) is 16.7 Å². The van der Waals surface area contributed by atoms with Crippen molar-refractivity contribution in [2.45, 2.75) is 18.8 Å². The molecule has 0 saturated heterocycles. The second-order valence-electron chi connectivity index (χ2n) is 2.85. The molecule has 0 aromatic carbocycles. The number of aliphatic hydroxyl groups is 1. The summed E-state index contributed by atoms with van der Waals surface area (Å²) in [6, 6.07) is 1.89. The lowest BCUT2D eigenvalue weighted by molar-refractivity contribution is 0.162. The summed E-state index contributed by atoms with van der Waals surface area (Å²) >= 11 is 1.47. The molecule has 0 spiro atoms. The lowest BCUT2D eigenvalue weighted by Crippen LogP contribution is -2.11. The van der Waals surface area contributed by atoms with E-state index in [0.717, 1.165) is 11.3 Å². The van der Waals surface area contributed by atoms with Gasteiger partial charge in [0.25, 0.3) is 0 Å². The summed E-state index contributed by atoms with van der Waals surface area (Å²) in [5.41, 5.74) is 1.10. The summed E-state index contributed by atoms with van der Waals surface area (Å²) in [5, 5.41) is 8.93. The fourth-order valence-electron chi connectivity index (χ4n) is 0.884. The van der Waals surface area contributed by atoms with Gasteiger partial charge in [-0.3, -0.25) is 0 Å². The molecule has 0 saturated carbocycles. The van der Waals surface area contributed by atoms with Crippen molar-refractivity contribution in [2.24, 2.45) is 0 Å². The number of aryl methyl sites for hydroxylation is 1. The topological polar surface area (TPSA) is 33.4 Å². The summed E-state index contributed by atoms with van der Waals surface area (Å²) in [6.07, 6.45) is 0.789. The van der Waals surface area contributed by atoms with Gasteiger partial charge in [-0.05, 0) is 18.6 Å². The third-order valence-electron chi connectivity index (χ3n) is 1.69. The van der Waals surface area contributed by atoms with E-state index in [1.807, 2.05) is 13.0 Å². The lowest BCUT2D eigenvalue weighted by Gasteiger charge is -2.04. The average Bonchev–Trinajstić information content (AvgIpc) is 2.52. The van der Waals surface area contributed by atoms with Gasteiger partial charge in [0.15, 0.2) is 0 Å². The number of furan rings is 1. The summed E-state index contributed by atoms with van der Waals surface area (Å²) in [6.45, 7) is 1.29. The van der Waals surface area contributed by atoms with Crippen LogP contribution in [0.5, 0.6) is 0 Å². The SMILES string of the molecule is Cc1ccoc1CSCC(O)CF. The molecule has 2 nitrogen and oxygen atoms in total. The number of alkyl halides is 1. The van der Waals surface area contributed by atoms with Gasteiger partial charge >= 0.3 is 0 Å². The minimum atomic E-state index is -0.847. The molecule has 13 heavy (non-hydrogen) atoms. The second-order valence-corrected chi connectivity index (χ2v) is 3.88. The highest BCUT2D eigenvalue weighted by molar-refractivity contribution is 7.98. The van der Waals surface area contributed by atoms with Gasteiger partial charge in [0.2, 0.25) is 0 Å². The quantitative estimate of drug-likeness (QED) is 0.797. The van der Waals surface area contributed by atoms with Crippen molar-refractivity contribution in [1.82, 2.24) is 0 Å². The largest absolute Gasteiger partial charge is 0.468 e. The van der Waals surface area contributed by atoms with Crippen LogP contribution in [0.1, 0.15) is 11.3 Å². The zero-order chi connectivity index (χ0) is 9.68. The van der Waals surface area contributed by atoms with Gasteiger partial charge in [0, 0.05) is 5.75 Å². The summed E-state index contributed by atoms with van der Waals surface area (Å²) in [4.78, 5) is 0. The van der Waals surface area contributed by atoms with E-state index < -0.39 is 12.8 Å². The molecular formula is C9H13FO2S. The monoisotopic (exact) mass is 204 g/mol. The van der Waals surface area contributed by atoms with E-state index in [-0.39, 0.29) is 0 Å². The Kier molecular flexibility index (Phi) is 4.32. The van der Waals surface area contributed by atoms with Crippen LogP contribution < -0.4 is 0 Å². The molecule has 0 bridgehead atoms. The average molecular weight is 204 g/mol. The summed E-state index contributed by atoms with van der Waals surface area (Å²) in [7, 11) is 0. The number of hydrogen-bond donors (Lipinski definition) is 1. The first-order valence-electron chi connectivity index (χ1n) is 4.08. The first-order valence-corrected chi connectivity index (χ1v) is 5.24. The van der Waals surface area contributed by atoms with Crippen LogP contribution in [0.3, 0.4) is 0 Å². The van der Waals surface area contributed by atoms with E-state index >= 15 is 0 Å². The van der Waals surface area contributed by atoms with Crippen molar-refractivity contribution in [1.29, 1.82) is 0 Å². The fourth-order valence-corrected chi connectivity index (χ4v) is 1.84. The molecule has 1 rings (SSSR count). The van der Waals surface area contributed by atoms with Crippen molar-refractivity contribution >= 4 is 11.8 Å². The molecule has 74 valence electrons. The minimum Gasteiger partial charge on any atom is -0.468 e. The highest BCUT2D eigenvalue weighted by Gasteiger charge is 2.05. The molecule has 0 aliphatic carbocycles. The van der Waals surface area contributed by atoms with Crippen molar-refractivity contribution in [2.75, 3.05) is 12.4 Å². The first-order chi connectivity index (χ1) is 6.24. The maximum absolute atomic E-state index is 11.8. The Morgan fingerprint density at radius 2 is 2.46 bits per heavy atom. The Morgan fingerprint density at radius 1 is 1.69 bits per heavy atom. The van der Waals surface area contributed by atoms with Crippen molar-refractivity contribution < 1.29 is 13.9 Å². The second kappa shape index (κ2) is 5.29. The molecule has 1 N–H and O–H groups in total. The molecule has 4 heteroatoms. The zero-order valence-electron chi connectivity index (χ0n) is 7.50. The lowest BCUT2D eigenvalue weighted by atomic mass is 10.3. The summed E-state index contributed by atoms with van der Waals surface area (Å²) < 4.78 is 17.0. The number of halogens is 1. The molecule has 0 aliphatic rings. The first kappa shape index (κ1) is 10.6. The fraction of sp³-hybridized carbons (Fsp3) is 0.556. The maximum atomic E-state index is 11.8. The highest BCUT2D eigenvalue weighted by atomic mass is 32.2. The molecule has 0 radical (unpaired) electrons. The maximum Gasteiger partial charge on any atom is 0.116 e. The van der Waals surface area contributed by atoms with Gasteiger partial charge in [-0.2, -0.15) is 11.8 Å². The molecule has 0 fully saturated rings. The Labute approximate surface area is 81.1 Å². The number of hydrogen-bond acceptors (Lipinski definition) is 3. The number of rotatable bonds is 5. The van der Waals surface area contributed by atoms with Crippen LogP contribution in [0.2, 0.25) is 0 Å². The van der Waals surface area contributed by atoms with Crippen LogP contribution in [0, 0.1) is 6.92 Å². The Hall–Kier alpha value is -0.480. The van der Waals surface area contributed by atoms with Crippen LogP contribution in [0.25, 0.3) is 0 Å². The van der Waals surface area contributed by atoms with Gasteiger partial charge in [0.05, 0.1) is 18.1 Å². The standard InChI is InChI=1S/C9H13FO2S/c1-7-2-3-12-9(7)6-13-5-8(11)4-10/h2-3,8,11H,4-6H2,1H3.